The molecule has 0 saturated carbocycles. The fraction of sp³-hybridized carbons (Fsp3) is 0.479. The van der Waals surface area contributed by atoms with E-state index in [2.05, 4.69) is 78.4 Å². The monoisotopic (exact) mass is 1940 g/mol. The summed E-state index contributed by atoms with van der Waals surface area (Å²) in [6, 6.07) is 4.88. The number of aromatic nitrogens is 5. The standard InChI is InChI=1S/C94H121N23O21S/c1-9-11-24-69-87(131)107-61(36-51(3)4)86(130)111-67(85(129)100-43-74(96)120)48-139-49-76(122)106-63(37-53-29-31-56(118)32-30-53)91(134)112(6)52(5)82(126)109-65(40-73(95)119)93(136)117-35-19-28-71(117)89(133)110-66(42-99-81-80-79(103-50-104-81)59-22-17-33-97-90(59)138-80)84(128)102-45-77(123)116-34-18-27-70(116)88(132)108-62(38-54-41-98-60-23-15-13-20-57(54)60)83(127)101-44-75(121)105-64(92(135)114(8)72(25-12-10-2)94(137)113(69)7)39-55-46-115(47-78(124)125)68-26-16-14-21-58(55)68/h13-17,20-23,26,29-33,41,46,50-52,61-67,69-72,98,118H,9-12,18-19,24-25,27-28,34-40,42-45,47-49H2,1-8H3,(H2,95,119)(H2,96,120)(H,100,129)(H,101,127)(H,102,128)(H,105,121)(H,106,122)(H,107,131)(H,108,132)(H,109,126)(H,110,133)(H,111,130)(H,124,125)(H,99,103,104)/t52-,61-,62-,63-,64-,65-,66-,67-,69-,70?,71?,72-/m0/s1. The van der Waals surface area contributed by atoms with Gasteiger partial charge in [0.2, 0.25) is 106 Å². The van der Waals surface area contributed by atoms with E-state index in [1.807, 2.05) is 13.8 Å². The molecule has 8 heterocycles. The van der Waals surface area contributed by atoms with Gasteiger partial charge in [-0.05, 0) is 111 Å². The van der Waals surface area contributed by atoms with Crippen molar-refractivity contribution in [3.05, 3.63) is 127 Å². The molecule has 12 atom stereocenters. The molecule has 3 aliphatic rings. The first-order chi connectivity index (χ1) is 66.4. The van der Waals surface area contributed by atoms with E-state index in [0.29, 0.717) is 75.1 Å². The molecular weight excluding hydrogens is 1820 g/mol. The number of aromatic amines is 1. The average Bonchev–Trinajstić information content (AvgIpc) is 1.64. The van der Waals surface area contributed by atoms with Crippen LogP contribution in [-0.2, 0) is 112 Å². The number of fused-ring (bicyclic) bond motifs is 7. The number of pyridine rings is 1. The normalized spacial score (nSPS) is 22.8. The zero-order valence-corrected chi connectivity index (χ0v) is 79.4. The topological polar surface area (TPSA) is 621 Å². The number of nitrogens with zero attached hydrogens (tertiary/aromatic N) is 9. The largest absolute Gasteiger partial charge is 0.508 e. The molecular formula is C94H121N23O21S. The zero-order valence-electron chi connectivity index (χ0n) is 78.6. The number of anilines is 1. The van der Waals surface area contributed by atoms with Crippen molar-refractivity contribution in [2.75, 3.05) is 77.2 Å². The van der Waals surface area contributed by atoms with Gasteiger partial charge in [-0.3, -0.25) is 86.3 Å². The molecule has 0 spiro atoms. The predicted octanol–water partition coefficient (Wildman–Crippen LogP) is -0.104. The Morgan fingerprint density at radius 3 is 1.88 bits per heavy atom. The van der Waals surface area contributed by atoms with Crippen molar-refractivity contribution in [2.24, 2.45) is 17.4 Å². The first kappa shape index (κ1) is 105. The van der Waals surface area contributed by atoms with E-state index in [0.717, 1.165) is 26.5 Å². The number of H-pyrrole nitrogens is 1. The highest BCUT2D eigenvalue weighted by molar-refractivity contribution is 8.00. The highest BCUT2D eigenvalue weighted by atomic mass is 32.2. The lowest BCUT2D eigenvalue weighted by Gasteiger charge is -2.36. The molecule has 744 valence electrons. The Kier molecular flexibility index (Phi) is 36.7. The van der Waals surface area contributed by atoms with E-state index in [1.54, 1.807) is 80.7 Å². The highest BCUT2D eigenvalue weighted by Crippen LogP contribution is 2.32. The fourth-order valence-electron chi connectivity index (χ4n) is 17.3. The third-order valence-electron chi connectivity index (χ3n) is 24.8. The van der Waals surface area contributed by atoms with Crippen molar-refractivity contribution >= 4 is 168 Å². The zero-order chi connectivity index (χ0) is 101. The Morgan fingerprint density at radius 2 is 1.19 bits per heavy atom. The fourth-order valence-corrected chi connectivity index (χ4v) is 18.2. The van der Waals surface area contributed by atoms with Gasteiger partial charge in [0.1, 0.15) is 96.6 Å². The molecule has 44 nitrogen and oxygen atoms in total. The first-order valence-corrected chi connectivity index (χ1v) is 47.4. The Morgan fingerprint density at radius 1 is 0.583 bits per heavy atom. The van der Waals surface area contributed by atoms with Crippen LogP contribution in [0.3, 0.4) is 0 Å². The van der Waals surface area contributed by atoms with E-state index in [-0.39, 0.29) is 106 Å². The lowest BCUT2D eigenvalue weighted by atomic mass is 9.99. The summed E-state index contributed by atoms with van der Waals surface area (Å²) in [6.07, 6.45) is 6.35. The minimum Gasteiger partial charge on any atom is -0.508 e. The summed E-state index contributed by atoms with van der Waals surface area (Å²) in [5.41, 5.74) is 14.3. The van der Waals surface area contributed by atoms with Crippen molar-refractivity contribution in [3.63, 3.8) is 0 Å². The molecule has 3 fully saturated rings. The smallest absolute Gasteiger partial charge is 0.323 e. The van der Waals surface area contributed by atoms with Crippen LogP contribution in [0.4, 0.5) is 5.82 Å². The molecule has 11 rings (SSSR count). The number of nitrogens with one attached hydrogen (secondary N) is 12. The molecule has 2 unspecified atom stereocenters. The van der Waals surface area contributed by atoms with E-state index in [9.17, 15) is 72.5 Å². The lowest BCUT2D eigenvalue weighted by molar-refractivity contribution is -0.149. The predicted molar refractivity (Wildman–Crippen MR) is 509 cm³/mol. The van der Waals surface area contributed by atoms with Crippen LogP contribution in [0, 0.1) is 5.92 Å². The van der Waals surface area contributed by atoms with E-state index in [1.165, 1.54) is 85.4 Å². The van der Waals surface area contributed by atoms with Crippen molar-refractivity contribution in [1.82, 2.24) is 102 Å². The SMILES string of the molecule is CCCC[C@H]1C(=O)N(C)[C@@H](CCCC)C(=O)N[C@@H](CC(C)C)C(=O)N[C@H](C(=O)NCC(N)=O)CSCC(=O)N[C@@H](Cc2ccc(O)cc2)C(=O)N(C)[C@@H](C)C(=O)N[C@@H](CC(N)=O)C(=O)N2CCCC2C(=O)N[C@@H](CNc2ncnc3c2oc2ncccc23)C(=O)NCC(=O)N2CCCC2C(=O)N[C@@H](Cc2c[nH]c3ccccc23)C(=O)NCC(=O)N[C@@H](Cc2cn(CC(=O)O)c3ccccc23)C(=O)N1C. The van der Waals surface area contributed by atoms with Gasteiger partial charge in [-0.2, -0.15) is 0 Å². The average molecular weight is 1940 g/mol. The van der Waals surface area contributed by atoms with Crippen LogP contribution in [-0.4, -0.2) is 310 Å². The Hall–Kier alpha value is -14.8. The van der Waals surface area contributed by atoms with Crippen LogP contribution in [0.5, 0.6) is 5.75 Å². The van der Waals surface area contributed by atoms with Gasteiger partial charge in [-0.15, -0.1) is 11.8 Å². The van der Waals surface area contributed by atoms with Gasteiger partial charge in [0.05, 0.1) is 37.2 Å². The number of para-hydroxylation sites is 2. The molecule has 18 N–H and O–H groups in total. The van der Waals surface area contributed by atoms with Crippen LogP contribution in [0.15, 0.2) is 114 Å². The molecule has 17 amide bonds. The van der Waals surface area contributed by atoms with Crippen LogP contribution in [0.1, 0.15) is 128 Å². The summed E-state index contributed by atoms with van der Waals surface area (Å²) in [5.74, 6) is -18.0. The van der Waals surface area contributed by atoms with Gasteiger partial charge in [0.25, 0.3) is 0 Å². The molecule has 3 aliphatic heterocycles. The van der Waals surface area contributed by atoms with Crippen LogP contribution in [0.2, 0.25) is 0 Å². The molecule has 3 saturated heterocycles. The van der Waals surface area contributed by atoms with Gasteiger partial charge in [-0.25, -0.2) is 15.0 Å². The number of hydrogen-bond donors (Lipinski definition) is 16. The second kappa shape index (κ2) is 48.8. The number of aliphatic carboxylic acids is 1. The Labute approximate surface area is 804 Å². The summed E-state index contributed by atoms with van der Waals surface area (Å²) >= 11 is 0.787. The number of nitrogens with two attached hydrogens (primary N) is 2. The van der Waals surface area contributed by atoms with E-state index >= 15 is 24.0 Å². The van der Waals surface area contributed by atoms with Crippen molar-refractivity contribution < 1.29 is 101 Å². The Bertz CT molecular complexity index is 5890. The van der Waals surface area contributed by atoms with Gasteiger partial charge < -0.3 is 119 Å². The highest BCUT2D eigenvalue weighted by Gasteiger charge is 2.45. The van der Waals surface area contributed by atoms with Crippen molar-refractivity contribution in [1.29, 1.82) is 0 Å². The number of phenolic OH excluding ortho intramolecular Hbond substituents is 1. The maximum absolute atomic E-state index is 15.8. The quantitative estimate of drug-likeness (QED) is 0.0375. The number of carboxylic acids is 1. The second-order valence-electron chi connectivity index (χ2n) is 35.3. The third kappa shape index (κ3) is 27.3. The summed E-state index contributed by atoms with van der Waals surface area (Å²) in [4.78, 5) is 283. The van der Waals surface area contributed by atoms with E-state index < -0.39 is 230 Å². The first-order valence-electron chi connectivity index (χ1n) is 46.2. The molecule has 3 aromatic carbocycles. The number of unbranched alkanes of at least 4 members (excludes halogenated alkanes) is 2. The van der Waals surface area contributed by atoms with Crippen LogP contribution >= 0.6 is 11.8 Å². The van der Waals surface area contributed by atoms with Crippen LogP contribution < -0.4 is 70.0 Å². The van der Waals surface area contributed by atoms with Crippen molar-refractivity contribution in [3.8, 4) is 5.75 Å². The number of phenols is 1. The number of carbonyl (C=O) groups excluding carboxylic acids is 17. The number of benzene rings is 3. The number of carboxylic acid groups (broad SMARTS) is 1. The summed E-state index contributed by atoms with van der Waals surface area (Å²) in [6.45, 7) is 5.00. The lowest BCUT2D eigenvalue weighted by Crippen LogP contribution is -2.60. The third-order valence-corrected chi connectivity index (χ3v) is 25.8. The molecule has 45 heteroatoms. The summed E-state index contributed by atoms with van der Waals surface area (Å²) in [5, 5.41) is 51.5. The number of primary amides is 2. The van der Waals surface area contributed by atoms with Crippen LogP contribution in [0.25, 0.3) is 44.0 Å². The number of rotatable bonds is 24. The maximum atomic E-state index is 15.8. The van der Waals surface area contributed by atoms with Gasteiger partial charge in [-0.1, -0.05) is 102 Å². The maximum Gasteiger partial charge on any atom is 0.323 e. The number of likely N-dealkylation sites (N-methyl/N-ethyl adjacent to an activating group) is 3. The number of hydrogen-bond acceptors (Lipinski definition) is 25. The second-order valence-corrected chi connectivity index (χ2v) is 36.4. The van der Waals surface area contributed by atoms with Gasteiger partial charge >= 0.3 is 5.97 Å². The minimum atomic E-state index is -1.79. The number of aromatic hydroxyl groups is 1. The van der Waals surface area contributed by atoms with E-state index in [4.69, 9.17) is 15.9 Å². The molecule has 0 bridgehead atoms. The van der Waals surface area contributed by atoms with Crippen molar-refractivity contribution in [2.45, 2.75) is 210 Å². The number of furan rings is 1. The number of thioether (sulfide) groups is 1. The molecule has 8 aromatic rings. The number of amides is 17. The number of carbonyl (C=O) groups is 18. The molecule has 139 heavy (non-hydrogen) atoms. The minimum absolute atomic E-state index is 0.00330. The molecule has 5 aromatic heterocycles. The van der Waals surface area contributed by atoms with Gasteiger partial charge in [0, 0.05) is 106 Å². The van der Waals surface area contributed by atoms with Gasteiger partial charge in [0.15, 0.2) is 11.4 Å². The Balaban J connectivity index is 0.933. The summed E-state index contributed by atoms with van der Waals surface area (Å²) in [7, 11) is 3.94. The molecule has 0 radical (unpaired) electrons. The summed E-state index contributed by atoms with van der Waals surface area (Å²) < 4.78 is 7.49. The molecule has 0 aliphatic carbocycles.